The molecule has 3 heterocycles. The van der Waals surface area contributed by atoms with Gasteiger partial charge in [-0.1, -0.05) is 0 Å². The Morgan fingerprint density at radius 1 is 1.14 bits per heavy atom. The molecule has 0 radical (unpaired) electrons. The van der Waals surface area contributed by atoms with E-state index in [0.29, 0.717) is 5.90 Å². The van der Waals surface area contributed by atoms with Crippen LogP contribution < -0.4 is 0 Å². The van der Waals surface area contributed by atoms with Crippen molar-refractivity contribution in [1.29, 1.82) is 5.41 Å². The van der Waals surface area contributed by atoms with E-state index in [1.54, 1.807) is 0 Å². The van der Waals surface area contributed by atoms with Crippen LogP contribution >= 0.6 is 23.5 Å². The molecule has 0 aromatic heterocycles. The highest BCUT2D eigenvalue weighted by molar-refractivity contribution is 7.99. The predicted molar refractivity (Wildman–Crippen MR) is 59.2 cm³/mol. The summed E-state index contributed by atoms with van der Waals surface area (Å²) in [6.07, 6.45) is 1.88. The van der Waals surface area contributed by atoms with E-state index in [9.17, 15) is 0 Å². The van der Waals surface area contributed by atoms with Crippen LogP contribution in [0.1, 0.15) is 12.8 Å². The van der Waals surface area contributed by atoms with Gasteiger partial charge in [0.1, 0.15) is 0 Å². The minimum Gasteiger partial charge on any atom is -0.446 e. The first-order valence-electron chi connectivity index (χ1n) is 4.89. The van der Waals surface area contributed by atoms with Gasteiger partial charge in [0.15, 0.2) is 5.60 Å². The van der Waals surface area contributed by atoms with Crippen molar-refractivity contribution in [2.45, 2.75) is 24.2 Å². The summed E-state index contributed by atoms with van der Waals surface area (Å²) in [6, 6.07) is 0. The summed E-state index contributed by atoms with van der Waals surface area (Å²) in [4.78, 5) is 0. The molecule has 0 bridgehead atoms. The van der Waals surface area contributed by atoms with Gasteiger partial charge in [-0.05, 0) is 17.9 Å². The molecule has 1 N–H and O–H groups in total. The van der Waals surface area contributed by atoms with Gasteiger partial charge in [0.25, 0.3) is 0 Å². The zero-order chi connectivity index (χ0) is 9.65. The maximum atomic E-state index is 7.91. The third-order valence-corrected chi connectivity index (χ3v) is 5.32. The topological polar surface area (TPSA) is 42.3 Å². The first kappa shape index (κ1) is 9.36. The highest BCUT2D eigenvalue weighted by Crippen LogP contribution is 2.47. The van der Waals surface area contributed by atoms with Crippen LogP contribution in [0.2, 0.25) is 0 Å². The summed E-state index contributed by atoms with van der Waals surface area (Å²) in [6.45, 7) is 0. The maximum Gasteiger partial charge on any atom is 0.223 e. The molecule has 2 atom stereocenters. The molecule has 3 fully saturated rings. The third kappa shape index (κ3) is 1.22. The largest absolute Gasteiger partial charge is 0.446 e. The van der Waals surface area contributed by atoms with E-state index in [2.05, 4.69) is 0 Å². The average Bonchev–Trinajstić information content (AvgIpc) is 2.81. The Balaban J connectivity index is 1.86. The van der Waals surface area contributed by atoms with E-state index in [4.69, 9.17) is 14.9 Å². The van der Waals surface area contributed by atoms with E-state index in [1.807, 2.05) is 23.5 Å². The van der Waals surface area contributed by atoms with Crippen molar-refractivity contribution in [2.75, 3.05) is 23.0 Å². The molecule has 0 aromatic carbocycles. The van der Waals surface area contributed by atoms with Crippen molar-refractivity contribution in [3.05, 3.63) is 0 Å². The highest BCUT2D eigenvalue weighted by atomic mass is 32.2. The summed E-state index contributed by atoms with van der Waals surface area (Å²) >= 11 is 3.72. The van der Waals surface area contributed by atoms with Crippen molar-refractivity contribution in [3.63, 3.8) is 0 Å². The quantitative estimate of drug-likeness (QED) is 0.689. The highest BCUT2D eigenvalue weighted by Gasteiger charge is 2.57. The summed E-state index contributed by atoms with van der Waals surface area (Å²) in [7, 11) is 0. The summed E-state index contributed by atoms with van der Waals surface area (Å²) in [5.74, 6) is 3.92. The third-order valence-electron chi connectivity index (χ3n) is 3.02. The Morgan fingerprint density at radius 3 is 2.57 bits per heavy atom. The normalized spacial score (nSPS) is 46.7. The average molecular weight is 231 g/mol. The van der Waals surface area contributed by atoms with Gasteiger partial charge >= 0.3 is 0 Å². The number of rotatable bonds is 0. The van der Waals surface area contributed by atoms with Crippen molar-refractivity contribution < 1.29 is 9.47 Å². The van der Waals surface area contributed by atoms with Crippen molar-refractivity contribution >= 4 is 29.4 Å². The molecule has 3 nitrogen and oxygen atoms in total. The lowest BCUT2D eigenvalue weighted by Gasteiger charge is -2.23. The van der Waals surface area contributed by atoms with Crippen LogP contribution in [-0.2, 0) is 9.47 Å². The monoisotopic (exact) mass is 231 g/mol. The Bertz CT molecular complexity index is 270. The van der Waals surface area contributed by atoms with Gasteiger partial charge in [0.05, 0.1) is 5.75 Å². The SMILES string of the molecule is N=C1OC2(CCSC2)OC12CCSC2. The predicted octanol–water partition coefficient (Wildman–Crippen LogP) is 1.72. The molecule has 0 saturated carbocycles. The molecule has 5 heteroatoms. The number of hydrogen-bond acceptors (Lipinski definition) is 5. The summed E-state index contributed by atoms with van der Waals surface area (Å²) in [5.41, 5.74) is -0.366. The Kier molecular flexibility index (Phi) is 2.05. The fraction of sp³-hybridized carbons (Fsp3) is 0.889. The van der Waals surface area contributed by atoms with E-state index in [-0.39, 0.29) is 5.60 Å². The lowest BCUT2D eigenvalue weighted by Crippen LogP contribution is -2.38. The van der Waals surface area contributed by atoms with Crippen LogP contribution in [0.15, 0.2) is 0 Å². The standard InChI is InChI=1S/C9H13NO2S2/c10-7-8(1-3-13-5-8)12-9(11-7)2-4-14-6-9/h10H,1-6H2. The number of nitrogens with one attached hydrogen (secondary N) is 1. The second-order valence-electron chi connectivity index (χ2n) is 4.04. The van der Waals surface area contributed by atoms with Crippen LogP contribution in [0.5, 0.6) is 0 Å². The smallest absolute Gasteiger partial charge is 0.223 e. The van der Waals surface area contributed by atoms with E-state index >= 15 is 0 Å². The second kappa shape index (κ2) is 3.06. The van der Waals surface area contributed by atoms with Gasteiger partial charge in [-0.15, -0.1) is 0 Å². The lowest BCUT2D eigenvalue weighted by molar-refractivity contribution is -0.158. The molecule has 0 amide bonds. The van der Waals surface area contributed by atoms with E-state index in [1.165, 1.54) is 0 Å². The molecule has 3 rings (SSSR count). The van der Waals surface area contributed by atoms with Crippen LogP contribution in [-0.4, -0.2) is 40.3 Å². The van der Waals surface area contributed by atoms with Gasteiger partial charge in [-0.2, -0.15) is 23.5 Å². The molecule has 3 saturated heterocycles. The second-order valence-corrected chi connectivity index (χ2v) is 6.25. The number of ether oxygens (including phenoxy) is 2. The molecular formula is C9H13NO2S2. The van der Waals surface area contributed by atoms with Crippen molar-refractivity contribution in [1.82, 2.24) is 0 Å². The molecule has 3 aliphatic rings. The van der Waals surface area contributed by atoms with Crippen LogP contribution in [0.3, 0.4) is 0 Å². The lowest BCUT2D eigenvalue weighted by atomic mass is 10.0. The summed E-state index contributed by atoms with van der Waals surface area (Å²) < 4.78 is 11.8. The van der Waals surface area contributed by atoms with Gasteiger partial charge in [-0.25, -0.2) is 0 Å². The van der Waals surface area contributed by atoms with Gasteiger partial charge < -0.3 is 9.47 Å². The van der Waals surface area contributed by atoms with Gasteiger partial charge in [0, 0.05) is 12.2 Å². The number of hydrogen-bond donors (Lipinski definition) is 1. The number of thioether (sulfide) groups is 2. The Hall–Kier alpha value is 0.130. The molecule has 78 valence electrons. The fourth-order valence-electron chi connectivity index (χ4n) is 2.20. The maximum absolute atomic E-state index is 7.91. The zero-order valence-corrected chi connectivity index (χ0v) is 9.51. The van der Waals surface area contributed by atoms with Gasteiger partial charge in [-0.3, -0.25) is 5.41 Å². The van der Waals surface area contributed by atoms with Crippen LogP contribution in [0.25, 0.3) is 0 Å². The molecule has 3 aliphatic heterocycles. The molecule has 2 spiro atoms. The first-order chi connectivity index (χ1) is 6.75. The van der Waals surface area contributed by atoms with Crippen molar-refractivity contribution in [2.24, 2.45) is 0 Å². The summed E-state index contributed by atoms with van der Waals surface area (Å²) in [5, 5.41) is 7.91. The minimum atomic E-state index is -0.438. The molecule has 0 aliphatic carbocycles. The Morgan fingerprint density at radius 2 is 1.93 bits per heavy atom. The van der Waals surface area contributed by atoms with Crippen LogP contribution in [0, 0.1) is 5.41 Å². The fourth-order valence-corrected chi connectivity index (χ4v) is 4.65. The molecule has 2 unspecified atom stereocenters. The van der Waals surface area contributed by atoms with E-state index < -0.39 is 5.79 Å². The molecule has 0 aromatic rings. The van der Waals surface area contributed by atoms with Gasteiger partial charge in [0.2, 0.25) is 11.7 Å². The molecular weight excluding hydrogens is 218 g/mol. The van der Waals surface area contributed by atoms with E-state index in [0.717, 1.165) is 35.9 Å². The first-order valence-corrected chi connectivity index (χ1v) is 7.19. The Labute approximate surface area is 91.8 Å². The van der Waals surface area contributed by atoms with Crippen LogP contribution in [0.4, 0.5) is 0 Å². The zero-order valence-electron chi connectivity index (χ0n) is 7.88. The molecule has 14 heavy (non-hydrogen) atoms. The van der Waals surface area contributed by atoms with Crippen molar-refractivity contribution in [3.8, 4) is 0 Å². The minimum absolute atomic E-state index is 0.366.